The first-order chi connectivity index (χ1) is 9.77. The molecule has 1 heterocycles. The van der Waals surface area contributed by atoms with Gasteiger partial charge in [0.2, 0.25) is 0 Å². The van der Waals surface area contributed by atoms with Gasteiger partial charge in [0.05, 0.1) is 5.41 Å². The zero-order valence-electron chi connectivity index (χ0n) is 13.0. The number of carbonyl (C=O) groups is 1. The Labute approximate surface area is 134 Å². The Hall–Kier alpha value is -1.13. The van der Waals surface area contributed by atoms with Crippen LogP contribution < -0.4 is 0 Å². The van der Waals surface area contributed by atoms with Crippen molar-refractivity contribution in [3.05, 3.63) is 34.4 Å². The van der Waals surface area contributed by atoms with E-state index in [9.17, 15) is 9.90 Å². The summed E-state index contributed by atoms with van der Waals surface area (Å²) >= 11 is 3.51. The summed E-state index contributed by atoms with van der Waals surface area (Å²) in [4.78, 5) is 12.0. The largest absolute Gasteiger partial charge is 0.396 e. The highest BCUT2D eigenvalue weighted by Crippen LogP contribution is 2.34. The number of aliphatic hydroxyl groups is 1. The lowest BCUT2D eigenvalue weighted by molar-refractivity contribution is -0.121. The Morgan fingerprint density at radius 3 is 2.67 bits per heavy atom. The number of hydrogen-bond donors (Lipinski definition) is 1. The van der Waals surface area contributed by atoms with Crippen LogP contribution in [-0.2, 0) is 16.8 Å². The van der Waals surface area contributed by atoms with Crippen molar-refractivity contribution in [2.24, 2.45) is 5.92 Å². The molecular weight excluding hydrogens is 330 g/mol. The van der Waals surface area contributed by atoms with Crippen LogP contribution in [0.4, 0.5) is 0 Å². The van der Waals surface area contributed by atoms with Crippen molar-refractivity contribution < 1.29 is 9.90 Å². The third-order valence-corrected chi connectivity index (χ3v) is 4.71. The molecule has 0 aliphatic rings. The molecule has 0 saturated carbocycles. The van der Waals surface area contributed by atoms with E-state index >= 15 is 0 Å². The summed E-state index contributed by atoms with van der Waals surface area (Å²) < 4.78 is 3.15. The monoisotopic (exact) mass is 351 g/mol. The van der Waals surface area contributed by atoms with E-state index in [1.54, 1.807) is 6.92 Å². The van der Waals surface area contributed by atoms with Crippen molar-refractivity contribution >= 4 is 32.6 Å². The molecule has 1 N–H and O–H groups in total. The highest BCUT2D eigenvalue weighted by Gasteiger charge is 2.30. The van der Waals surface area contributed by atoms with Gasteiger partial charge in [0.25, 0.3) is 0 Å². The number of rotatable bonds is 5. The number of hydrogen-bond acceptors (Lipinski definition) is 2. The molecule has 2 rings (SSSR count). The van der Waals surface area contributed by atoms with Crippen LogP contribution in [0.1, 0.15) is 33.3 Å². The molecule has 0 saturated heterocycles. The van der Waals surface area contributed by atoms with Gasteiger partial charge in [-0.3, -0.25) is 4.79 Å². The van der Waals surface area contributed by atoms with E-state index < -0.39 is 5.41 Å². The molecule has 4 heteroatoms. The summed E-state index contributed by atoms with van der Waals surface area (Å²) in [5, 5.41) is 10.4. The number of benzene rings is 1. The molecule has 21 heavy (non-hydrogen) atoms. The van der Waals surface area contributed by atoms with Crippen LogP contribution in [0.3, 0.4) is 0 Å². The second-order valence-corrected chi connectivity index (χ2v) is 7.24. The summed E-state index contributed by atoms with van der Waals surface area (Å²) in [5.41, 5.74) is 1.62. The molecule has 0 bridgehead atoms. The first-order valence-electron chi connectivity index (χ1n) is 7.18. The molecule has 1 atom stereocenters. The minimum atomic E-state index is -0.514. The highest BCUT2D eigenvalue weighted by molar-refractivity contribution is 9.10. The van der Waals surface area contributed by atoms with Crippen LogP contribution in [0, 0.1) is 5.92 Å². The average Bonchev–Trinajstić information content (AvgIpc) is 2.77. The first-order valence-corrected chi connectivity index (χ1v) is 7.97. The maximum absolute atomic E-state index is 12.0. The number of carbonyl (C=O) groups excluding carboxylic acids is 1. The molecule has 0 fully saturated rings. The molecule has 0 spiro atoms. The lowest BCUT2D eigenvalue weighted by Gasteiger charge is -2.20. The van der Waals surface area contributed by atoms with Crippen molar-refractivity contribution in [1.29, 1.82) is 0 Å². The summed E-state index contributed by atoms with van der Waals surface area (Å²) in [7, 11) is 0. The molecular formula is C17H22BrNO2. The van der Waals surface area contributed by atoms with Gasteiger partial charge in [0, 0.05) is 34.7 Å². The van der Waals surface area contributed by atoms with Crippen LogP contribution in [0.15, 0.2) is 28.9 Å². The minimum absolute atomic E-state index is 0.152. The van der Waals surface area contributed by atoms with Crippen LogP contribution in [0.2, 0.25) is 0 Å². The minimum Gasteiger partial charge on any atom is -0.396 e. The number of aromatic nitrogens is 1. The van der Waals surface area contributed by atoms with Crippen LogP contribution in [0.5, 0.6) is 0 Å². The molecule has 0 radical (unpaired) electrons. The lowest BCUT2D eigenvalue weighted by atomic mass is 9.81. The van der Waals surface area contributed by atoms with Crippen LogP contribution >= 0.6 is 15.9 Å². The number of halogens is 1. The zero-order valence-corrected chi connectivity index (χ0v) is 14.6. The van der Waals surface area contributed by atoms with Crippen molar-refractivity contribution in [1.82, 2.24) is 4.57 Å². The van der Waals surface area contributed by atoms with Gasteiger partial charge in [-0.25, -0.2) is 0 Å². The molecule has 0 aliphatic carbocycles. The van der Waals surface area contributed by atoms with Crippen LogP contribution in [0.25, 0.3) is 10.9 Å². The second kappa shape index (κ2) is 5.93. The topological polar surface area (TPSA) is 42.2 Å². The van der Waals surface area contributed by atoms with E-state index in [-0.39, 0.29) is 18.3 Å². The number of ketones is 1. The second-order valence-electron chi connectivity index (χ2n) is 6.33. The molecule has 1 aromatic carbocycles. The Balaban J connectivity index is 2.65. The van der Waals surface area contributed by atoms with E-state index in [1.165, 1.54) is 0 Å². The number of aliphatic hydroxyl groups excluding tert-OH is 1. The number of nitrogens with zero attached hydrogens (tertiary/aromatic N) is 1. The standard InChI is InChI=1S/C17H22BrNO2/c1-11(10-20)8-19-9-15(17(3,4)12(2)21)14-6-5-13(18)7-16(14)19/h5-7,9,11,20H,8,10H2,1-4H3/t11-/m0/s1. The van der Waals surface area contributed by atoms with E-state index in [2.05, 4.69) is 38.8 Å². The molecule has 114 valence electrons. The molecule has 1 aromatic heterocycles. The fourth-order valence-electron chi connectivity index (χ4n) is 2.50. The number of fused-ring (bicyclic) bond motifs is 1. The molecule has 0 amide bonds. The Kier molecular flexibility index (Phi) is 4.59. The molecule has 0 unspecified atom stereocenters. The average molecular weight is 352 g/mol. The van der Waals surface area contributed by atoms with Gasteiger partial charge in [-0.15, -0.1) is 0 Å². The summed E-state index contributed by atoms with van der Waals surface area (Å²) in [6.45, 7) is 8.46. The molecule has 3 nitrogen and oxygen atoms in total. The van der Waals surface area contributed by atoms with Gasteiger partial charge in [0.1, 0.15) is 5.78 Å². The van der Waals surface area contributed by atoms with E-state index in [0.29, 0.717) is 0 Å². The predicted molar refractivity (Wildman–Crippen MR) is 89.6 cm³/mol. The zero-order chi connectivity index (χ0) is 15.8. The van der Waals surface area contributed by atoms with Crippen molar-refractivity contribution in [2.45, 2.75) is 39.7 Å². The van der Waals surface area contributed by atoms with Gasteiger partial charge in [-0.05, 0) is 44.4 Å². The summed E-state index contributed by atoms with van der Waals surface area (Å²) in [6.07, 6.45) is 2.06. The lowest BCUT2D eigenvalue weighted by Crippen LogP contribution is -2.26. The fourth-order valence-corrected chi connectivity index (χ4v) is 2.85. The Morgan fingerprint density at radius 2 is 2.10 bits per heavy atom. The van der Waals surface area contributed by atoms with Gasteiger partial charge in [-0.1, -0.05) is 28.9 Å². The SMILES string of the molecule is CC(=O)C(C)(C)c1cn(C[C@H](C)CO)c2cc(Br)ccc12. The van der Waals surface area contributed by atoms with E-state index in [1.807, 2.05) is 26.8 Å². The van der Waals surface area contributed by atoms with Gasteiger partial charge >= 0.3 is 0 Å². The first kappa shape index (κ1) is 16.2. The van der Waals surface area contributed by atoms with Crippen molar-refractivity contribution in [3.8, 4) is 0 Å². The van der Waals surface area contributed by atoms with Crippen LogP contribution in [-0.4, -0.2) is 22.1 Å². The van der Waals surface area contributed by atoms with Gasteiger partial charge in [0.15, 0.2) is 0 Å². The van der Waals surface area contributed by atoms with Gasteiger partial charge < -0.3 is 9.67 Å². The summed E-state index contributed by atoms with van der Waals surface area (Å²) in [6, 6.07) is 6.13. The maximum Gasteiger partial charge on any atom is 0.139 e. The third-order valence-electron chi connectivity index (χ3n) is 4.22. The van der Waals surface area contributed by atoms with Gasteiger partial charge in [-0.2, -0.15) is 0 Å². The number of Topliss-reactive ketones (excluding diaryl/α,β-unsaturated/α-hetero) is 1. The third kappa shape index (κ3) is 3.06. The Morgan fingerprint density at radius 1 is 1.43 bits per heavy atom. The highest BCUT2D eigenvalue weighted by atomic mass is 79.9. The molecule has 0 aliphatic heterocycles. The fraction of sp³-hybridized carbons (Fsp3) is 0.471. The smallest absolute Gasteiger partial charge is 0.139 e. The normalized spacial score (nSPS) is 13.6. The van der Waals surface area contributed by atoms with E-state index in [4.69, 9.17) is 0 Å². The predicted octanol–water partition coefficient (Wildman–Crippen LogP) is 3.90. The maximum atomic E-state index is 12.0. The Bertz CT molecular complexity index is 673. The van der Waals surface area contributed by atoms with Crippen molar-refractivity contribution in [3.63, 3.8) is 0 Å². The van der Waals surface area contributed by atoms with E-state index in [0.717, 1.165) is 27.5 Å². The quantitative estimate of drug-likeness (QED) is 0.887. The van der Waals surface area contributed by atoms with Crippen molar-refractivity contribution in [2.75, 3.05) is 6.61 Å². The molecule has 2 aromatic rings. The summed E-state index contributed by atoms with van der Waals surface area (Å²) in [5.74, 6) is 0.326.